The van der Waals surface area contributed by atoms with E-state index in [4.69, 9.17) is 4.98 Å². The molecule has 120 valence electrons. The van der Waals surface area contributed by atoms with Crippen molar-refractivity contribution >= 4 is 5.82 Å². The van der Waals surface area contributed by atoms with Crippen LogP contribution in [0.25, 0.3) is 11.4 Å². The van der Waals surface area contributed by atoms with Crippen molar-refractivity contribution in [2.45, 2.75) is 45.4 Å². The molecule has 0 aromatic carbocycles. The van der Waals surface area contributed by atoms with Gasteiger partial charge in [0, 0.05) is 42.8 Å². The summed E-state index contributed by atoms with van der Waals surface area (Å²) in [5.41, 5.74) is 2.65. The van der Waals surface area contributed by atoms with E-state index in [0.717, 1.165) is 36.0 Å². The summed E-state index contributed by atoms with van der Waals surface area (Å²) in [4.78, 5) is 16.0. The second-order valence-electron chi connectivity index (χ2n) is 7.13. The first kappa shape index (κ1) is 14.6. The van der Waals surface area contributed by atoms with Crippen LogP contribution in [-0.2, 0) is 0 Å². The summed E-state index contributed by atoms with van der Waals surface area (Å²) in [6.45, 7) is 4.30. The molecule has 1 saturated heterocycles. The Labute approximate surface area is 138 Å². The third-order valence-electron chi connectivity index (χ3n) is 5.57. The lowest BCUT2D eigenvalue weighted by Crippen LogP contribution is -2.39. The molecule has 23 heavy (non-hydrogen) atoms. The van der Waals surface area contributed by atoms with Crippen molar-refractivity contribution in [3.8, 4) is 11.4 Å². The van der Waals surface area contributed by atoms with E-state index < -0.39 is 0 Å². The summed E-state index contributed by atoms with van der Waals surface area (Å²) in [6.07, 6.45) is 12.0. The number of aryl methyl sites for hydroxylation is 1. The van der Waals surface area contributed by atoms with Crippen molar-refractivity contribution in [2.75, 3.05) is 18.0 Å². The quantitative estimate of drug-likeness (QED) is 0.840. The van der Waals surface area contributed by atoms with Crippen molar-refractivity contribution < 1.29 is 0 Å². The van der Waals surface area contributed by atoms with E-state index in [9.17, 15) is 0 Å². The van der Waals surface area contributed by atoms with Gasteiger partial charge in [0.2, 0.25) is 0 Å². The Morgan fingerprint density at radius 1 is 1.04 bits per heavy atom. The zero-order valence-electron chi connectivity index (χ0n) is 13.8. The molecule has 4 rings (SSSR count). The van der Waals surface area contributed by atoms with E-state index in [0.29, 0.717) is 5.41 Å². The summed E-state index contributed by atoms with van der Waals surface area (Å²) in [7, 11) is 0. The zero-order valence-corrected chi connectivity index (χ0v) is 13.8. The predicted molar refractivity (Wildman–Crippen MR) is 92.3 cm³/mol. The maximum Gasteiger partial charge on any atom is 0.163 e. The molecule has 1 aliphatic carbocycles. The van der Waals surface area contributed by atoms with Crippen molar-refractivity contribution in [1.82, 2.24) is 15.0 Å². The monoisotopic (exact) mass is 308 g/mol. The van der Waals surface area contributed by atoms with Crippen LogP contribution in [0.5, 0.6) is 0 Å². The lowest BCUT2D eigenvalue weighted by molar-refractivity contribution is 0.226. The number of pyridine rings is 1. The van der Waals surface area contributed by atoms with E-state index in [1.807, 2.05) is 25.3 Å². The Bertz CT molecular complexity index is 667. The Balaban J connectivity index is 1.56. The molecule has 0 unspecified atom stereocenters. The van der Waals surface area contributed by atoms with Crippen LogP contribution in [0.2, 0.25) is 0 Å². The largest absolute Gasteiger partial charge is 0.356 e. The van der Waals surface area contributed by atoms with Crippen molar-refractivity contribution in [3.63, 3.8) is 0 Å². The van der Waals surface area contributed by atoms with Crippen LogP contribution in [0.1, 0.15) is 44.2 Å². The van der Waals surface area contributed by atoms with Gasteiger partial charge >= 0.3 is 0 Å². The molecule has 4 nitrogen and oxygen atoms in total. The Kier molecular flexibility index (Phi) is 3.76. The van der Waals surface area contributed by atoms with Gasteiger partial charge in [-0.1, -0.05) is 12.8 Å². The molecule has 1 spiro atoms. The molecule has 2 aliphatic rings. The fourth-order valence-electron chi connectivity index (χ4n) is 4.17. The Hall–Kier alpha value is -1.97. The van der Waals surface area contributed by atoms with Crippen LogP contribution in [0, 0.1) is 12.3 Å². The second-order valence-corrected chi connectivity index (χ2v) is 7.13. The van der Waals surface area contributed by atoms with E-state index in [2.05, 4.69) is 20.9 Å². The van der Waals surface area contributed by atoms with Crippen molar-refractivity contribution in [3.05, 3.63) is 36.3 Å². The third-order valence-corrected chi connectivity index (χ3v) is 5.57. The Morgan fingerprint density at radius 3 is 2.52 bits per heavy atom. The highest BCUT2D eigenvalue weighted by atomic mass is 15.2. The highest BCUT2D eigenvalue weighted by Crippen LogP contribution is 2.46. The molecule has 0 radical (unpaired) electrons. The highest BCUT2D eigenvalue weighted by molar-refractivity contribution is 5.56. The number of anilines is 1. The highest BCUT2D eigenvalue weighted by Gasteiger charge is 2.37. The van der Waals surface area contributed by atoms with Gasteiger partial charge in [-0.05, 0) is 50.2 Å². The van der Waals surface area contributed by atoms with Crippen LogP contribution < -0.4 is 4.90 Å². The summed E-state index contributed by atoms with van der Waals surface area (Å²) in [5.74, 6) is 1.86. The van der Waals surface area contributed by atoms with Gasteiger partial charge in [0.15, 0.2) is 5.82 Å². The normalized spacial score (nSPS) is 20.1. The average Bonchev–Trinajstić information content (AvgIpc) is 3.04. The molecular weight excluding hydrogens is 284 g/mol. The fourth-order valence-corrected chi connectivity index (χ4v) is 4.17. The molecule has 0 amide bonds. The van der Waals surface area contributed by atoms with Gasteiger partial charge in [-0.15, -0.1) is 0 Å². The van der Waals surface area contributed by atoms with Crippen LogP contribution in [0.15, 0.2) is 30.6 Å². The van der Waals surface area contributed by atoms with Gasteiger partial charge < -0.3 is 4.90 Å². The number of rotatable bonds is 2. The zero-order chi connectivity index (χ0) is 15.7. The maximum atomic E-state index is 4.82. The molecule has 2 aromatic heterocycles. The third kappa shape index (κ3) is 2.94. The lowest BCUT2D eigenvalue weighted by Gasteiger charge is -2.40. The summed E-state index contributed by atoms with van der Waals surface area (Å²) < 4.78 is 0. The minimum atomic E-state index is 0.644. The number of nitrogens with zero attached hydrogens (tertiary/aromatic N) is 4. The van der Waals surface area contributed by atoms with E-state index >= 15 is 0 Å². The van der Waals surface area contributed by atoms with E-state index in [1.54, 1.807) is 6.20 Å². The number of aromatic nitrogens is 3. The first-order valence-corrected chi connectivity index (χ1v) is 8.75. The molecule has 1 saturated carbocycles. The van der Waals surface area contributed by atoms with Crippen molar-refractivity contribution in [1.29, 1.82) is 0 Å². The van der Waals surface area contributed by atoms with Gasteiger partial charge in [-0.3, -0.25) is 4.98 Å². The molecular formula is C19H24N4. The Morgan fingerprint density at radius 2 is 1.83 bits per heavy atom. The molecule has 1 aliphatic heterocycles. The fraction of sp³-hybridized carbons (Fsp3) is 0.526. The summed E-state index contributed by atoms with van der Waals surface area (Å²) in [5, 5.41) is 0. The van der Waals surface area contributed by atoms with Gasteiger partial charge in [-0.25, -0.2) is 9.97 Å². The SMILES string of the molecule is Cc1cc(N2CCC3(CCCC3)CC2)nc(-c2cccnc2)n1. The maximum absolute atomic E-state index is 4.82. The molecule has 2 aromatic rings. The van der Waals surface area contributed by atoms with Crippen LogP contribution in [0.4, 0.5) is 5.82 Å². The predicted octanol–water partition coefficient (Wildman–Crippen LogP) is 4.01. The molecule has 4 heteroatoms. The minimum Gasteiger partial charge on any atom is -0.356 e. The average molecular weight is 308 g/mol. The minimum absolute atomic E-state index is 0.644. The van der Waals surface area contributed by atoms with Crippen LogP contribution in [-0.4, -0.2) is 28.0 Å². The lowest BCUT2D eigenvalue weighted by atomic mass is 9.77. The van der Waals surface area contributed by atoms with E-state index in [1.165, 1.54) is 38.5 Å². The summed E-state index contributed by atoms with van der Waals surface area (Å²) >= 11 is 0. The van der Waals surface area contributed by atoms with Gasteiger partial charge in [-0.2, -0.15) is 0 Å². The first-order valence-electron chi connectivity index (χ1n) is 8.75. The smallest absolute Gasteiger partial charge is 0.163 e. The van der Waals surface area contributed by atoms with Gasteiger partial charge in [0.1, 0.15) is 5.82 Å². The van der Waals surface area contributed by atoms with Crippen LogP contribution >= 0.6 is 0 Å². The molecule has 2 fully saturated rings. The number of hydrogen-bond donors (Lipinski definition) is 0. The second kappa shape index (κ2) is 5.91. The molecule has 0 N–H and O–H groups in total. The number of hydrogen-bond acceptors (Lipinski definition) is 4. The summed E-state index contributed by atoms with van der Waals surface area (Å²) in [6, 6.07) is 6.08. The molecule has 3 heterocycles. The van der Waals surface area contributed by atoms with Gasteiger partial charge in [0.05, 0.1) is 0 Å². The molecule has 0 atom stereocenters. The van der Waals surface area contributed by atoms with Gasteiger partial charge in [0.25, 0.3) is 0 Å². The molecule has 0 bridgehead atoms. The topological polar surface area (TPSA) is 41.9 Å². The number of piperidine rings is 1. The van der Waals surface area contributed by atoms with Crippen LogP contribution in [0.3, 0.4) is 0 Å². The standard InChI is InChI=1S/C19H24N4/c1-15-13-17(22-18(21-15)16-5-4-10-20-14-16)23-11-8-19(9-12-23)6-2-3-7-19/h4-5,10,13-14H,2-3,6-9,11-12H2,1H3. The van der Waals surface area contributed by atoms with Crippen molar-refractivity contribution in [2.24, 2.45) is 5.41 Å². The van der Waals surface area contributed by atoms with E-state index in [-0.39, 0.29) is 0 Å². The first-order chi connectivity index (χ1) is 11.2.